The fraction of sp³-hybridized carbons (Fsp3) is 0.650. The van der Waals surface area contributed by atoms with Gasteiger partial charge in [-0.3, -0.25) is 4.79 Å². The van der Waals surface area contributed by atoms with Crippen LogP contribution in [0.25, 0.3) is 0 Å². The summed E-state index contributed by atoms with van der Waals surface area (Å²) in [6.07, 6.45) is 2.73. The summed E-state index contributed by atoms with van der Waals surface area (Å²) in [7, 11) is 0. The van der Waals surface area contributed by atoms with E-state index in [0.717, 1.165) is 25.7 Å². The van der Waals surface area contributed by atoms with E-state index in [1.54, 1.807) is 0 Å². The number of fused-ring (bicyclic) bond motifs is 3. The van der Waals surface area contributed by atoms with Gasteiger partial charge in [-0.2, -0.15) is 0 Å². The lowest BCUT2D eigenvalue weighted by Gasteiger charge is -2.60. The molecule has 0 radical (unpaired) electrons. The number of amides is 1. The van der Waals surface area contributed by atoms with Crippen LogP contribution in [0, 0.1) is 5.41 Å². The van der Waals surface area contributed by atoms with Gasteiger partial charge in [-0.05, 0) is 58.6 Å². The number of hydrogen-bond donors (Lipinski definition) is 2. The van der Waals surface area contributed by atoms with Crippen molar-refractivity contribution in [3.05, 3.63) is 30.3 Å². The average molecular weight is 347 g/mol. The summed E-state index contributed by atoms with van der Waals surface area (Å²) in [5.41, 5.74) is -1.10. The van der Waals surface area contributed by atoms with Crippen molar-refractivity contribution in [1.29, 1.82) is 0 Å². The molecule has 1 aromatic rings. The standard InChI is InChI=1S/C20H29NO4/c1-18(2)20(11-9-19(3,25-18)10-12-20)17(23)21-13-15(22)14-24-16-7-5-4-6-8-16/h4-8,15,22H,9-14H2,1-3H3,(H,21,23). The quantitative estimate of drug-likeness (QED) is 0.830. The van der Waals surface area contributed by atoms with E-state index in [9.17, 15) is 9.90 Å². The van der Waals surface area contributed by atoms with E-state index in [-0.39, 0.29) is 24.7 Å². The van der Waals surface area contributed by atoms with Crippen LogP contribution < -0.4 is 10.1 Å². The summed E-state index contributed by atoms with van der Waals surface area (Å²) in [4.78, 5) is 12.9. The van der Waals surface area contributed by atoms with Crippen LogP contribution in [0.5, 0.6) is 5.75 Å². The maximum absolute atomic E-state index is 12.9. The molecular weight excluding hydrogens is 318 g/mol. The highest BCUT2D eigenvalue weighted by Crippen LogP contribution is 2.57. The van der Waals surface area contributed by atoms with Crippen LogP contribution in [-0.4, -0.2) is 41.5 Å². The number of hydrogen-bond acceptors (Lipinski definition) is 4. The van der Waals surface area contributed by atoms with Crippen LogP contribution in [0.1, 0.15) is 46.5 Å². The summed E-state index contributed by atoms with van der Waals surface area (Å²) in [6, 6.07) is 9.34. The number of ether oxygens (including phenoxy) is 2. The highest BCUT2D eigenvalue weighted by atomic mass is 16.5. The van der Waals surface area contributed by atoms with E-state index in [4.69, 9.17) is 9.47 Å². The molecular formula is C20H29NO4. The Morgan fingerprint density at radius 2 is 1.84 bits per heavy atom. The predicted molar refractivity (Wildman–Crippen MR) is 95.4 cm³/mol. The van der Waals surface area contributed by atoms with Crippen LogP contribution >= 0.6 is 0 Å². The van der Waals surface area contributed by atoms with E-state index in [2.05, 4.69) is 12.2 Å². The molecule has 1 atom stereocenters. The van der Waals surface area contributed by atoms with Gasteiger partial charge in [0, 0.05) is 6.54 Å². The molecule has 1 aliphatic carbocycles. The molecule has 1 aromatic carbocycles. The van der Waals surface area contributed by atoms with Gasteiger partial charge < -0.3 is 19.9 Å². The molecule has 2 bridgehead atoms. The average Bonchev–Trinajstić information content (AvgIpc) is 2.58. The lowest BCUT2D eigenvalue weighted by Crippen LogP contribution is -2.66. The molecule has 1 unspecified atom stereocenters. The minimum Gasteiger partial charge on any atom is -0.491 e. The first kappa shape index (κ1) is 18.2. The summed E-state index contributed by atoms with van der Waals surface area (Å²) < 4.78 is 11.8. The summed E-state index contributed by atoms with van der Waals surface area (Å²) in [5.74, 6) is 0.692. The SMILES string of the molecule is CC12CCC(C(=O)NCC(O)COc3ccccc3)(CC1)C(C)(C)O2. The van der Waals surface area contributed by atoms with Gasteiger partial charge in [-0.1, -0.05) is 18.2 Å². The predicted octanol–water partition coefficient (Wildman–Crippen LogP) is 2.67. The Hall–Kier alpha value is -1.59. The van der Waals surface area contributed by atoms with E-state index >= 15 is 0 Å². The maximum atomic E-state index is 12.9. The third kappa shape index (κ3) is 3.53. The van der Waals surface area contributed by atoms with Crippen molar-refractivity contribution >= 4 is 5.91 Å². The maximum Gasteiger partial charge on any atom is 0.229 e. The minimum absolute atomic E-state index is 0.0157. The van der Waals surface area contributed by atoms with Gasteiger partial charge in [0.25, 0.3) is 0 Å². The molecule has 0 aromatic heterocycles. The van der Waals surface area contributed by atoms with Crippen molar-refractivity contribution in [2.45, 2.75) is 63.8 Å². The molecule has 138 valence electrons. The molecule has 2 heterocycles. The van der Waals surface area contributed by atoms with Crippen LogP contribution in [-0.2, 0) is 9.53 Å². The topological polar surface area (TPSA) is 67.8 Å². The molecule has 3 fully saturated rings. The first-order valence-electron chi connectivity index (χ1n) is 9.11. The number of para-hydroxylation sites is 1. The molecule has 4 rings (SSSR count). The number of benzene rings is 1. The van der Waals surface area contributed by atoms with Crippen LogP contribution in [0.15, 0.2) is 30.3 Å². The first-order chi connectivity index (χ1) is 11.8. The minimum atomic E-state index is -0.748. The third-order valence-electron chi connectivity index (χ3n) is 5.93. The molecule has 5 nitrogen and oxygen atoms in total. The second-order valence-corrected chi connectivity index (χ2v) is 8.13. The van der Waals surface area contributed by atoms with E-state index < -0.39 is 17.1 Å². The summed E-state index contributed by atoms with van der Waals surface area (Å²) in [5, 5.41) is 13.0. The van der Waals surface area contributed by atoms with Crippen molar-refractivity contribution in [3.63, 3.8) is 0 Å². The summed E-state index contributed by atoms with van der Waals surface area (Å²) >= 11 is 0. The number of rotatable bonds is 6. The Balaban J connectivity index is 1.53. The van der Waals surface area contributed by atoms with Gasteiger partial charge >= 0.3 is 0 Å². The number of nitrogens with one attached hydrogen (secondary N) is 1. The second-order valence-electron chi connectivity index (χ2n) is 8.13. The van der Waals surface area contributed by atoms with Gasteiger partial charge in [0.1, 0.15) is 18.5 Å². The van der Waals surface area contributed by atoms with E-state index in [0.29, 0.717) is 5.75 Å². The molecule has 1 amide bonds. The molecule has 1 saturated carbocycles. The zero-order valence-electron chi connectivity index (χ0n) is 15.4. The van der Waals surface area contributed by atoms with Crippen LogP contribution in [0.2, 0.25) is 0 Å². The zero-order chi connectivity index (χ0) is 18.1. The largest absolute Gasteiger partial charge is 0.491 e. The highest BCUT2D eigenvalue weighted by molar-refractivity contribution is 5.84. The van der Waals surface area contributed by atoms with Crippen LogP contribution in [0.4, 0.5) is 0 Å². The molecule has 25 heavy (non-hydrogen) atoms. The Morgan fingerprint density at radius 1 is 1.20 bits per heavy atom. The monoisotopic (exact) mass is 347 g/mol. The molecule has 5 heteroatoms. The zero-order valence-corrected chi connectivity index (χ0v) is 15.4. The van der Waals surface area contributed by atoms with Gasteiger partial charge in [-0.25, -0.2) is 0 Å². The third-order valence-corrected chi connectivity index (χ3v) is 5.93. The highest BCUT2D eigenvalue weighted by Gasteiger charge is 2.61. The van der Waals surface area contributed by atoms with E-state index in [1.165, 1.54) is 0 Å². The fourth-order valence-corrected chi connectivity index (χ4v) is 4.27. The normalized spacial score (nSPS) is 31.4. The molecule has 2 N–H and O–H groups in total. The van der Waals surface area contributed by atoms with Crippen LogP contribution in [0.3, 0.4) is 0 Å². The smallest absolute Gasteiger partial charge is 0.229 e. The van der Waals surface area contributed by atoms with E-state index in [1.807, 2.05) is 44.2 Å². The number of aliphatic hydroxyl groups is 1. The fourth-order valence-electron chi connectivity index (χ4n) is 4.27. The molecule has 2 saturated heterocycles. The van der Waals surface area contributed by atoms with Crippen molar-refractivity contribution in [3.8, 4) is 5.75 Å². The van der Waals surface area contributed by atoms with Crippen molar-refractivity contribution < 1.29 is 19.4 Å². The molecule has 3 aliphatic rings. The number of aliphatic hydroxyl groups excluding tert-OH is 1. The Kier molecular flexibility index (Phi) is 4.82. The lowest BCUT2D eigenvalue weighted by atomic mass is 9.57. The van der Waals surface area contributed by atoms with Gasteiger partial charge in [0.05, 0.1) is 16.6 Å². The molecule has 0 spiro atoms. The lowest BCUT2D eigenvalue weighted by molar-refractivity contribution is -0.263. The Labute approximate surface area is 149 Å². The number of carbonyl (C=O) groups is 1. The number of carbonyl (C=O) groups excluding carboxylic acids is 1. The first-order valence-corrected chi connectivity index (χ1v) is 9.11. The second kappa shape index (κ2) is 6.61. The summed E-state index contributed by atoms with van der Waals surface area (Å²) in [6.45, 7) is 6.49. The van der Waals surface area contributed by atoms with Gasteiger partial charge in [-0.15, -0.1) is 0 Å². The van der Waals surface area contributed by atoms with Gasteiger partial charge in [0.2, 0.25) is 5.91 Å². The van der Waals surface area contributed by atoms with Crippen molar-refractivity contribution in [2.75, 3.05) is 13.2 Å². The molecule has 2 aliphatic heterocycles. The van der Waals surface area contributed by atoms with Gasteiger partial charge in [0.15, 0.2) is 0 Å². The van der Waals surface area contributed by atoms with Crippen molar-refractivity contribution in [1.82, 2.24) is 5.32 Å². The Morgan fingerprint density at radius 3 is 2.44 bits per heavy atom. The Bertz CT molecular complexity index is 605. The van der Waals surface area contributed by atoms with Crippen molar-refractivity contribution in [2.24, 2.45) is 5.41 Å².